The molecular formula is C20H21NO5. The number of aromatic hydroxyl groups is 1. The molecule has 0 fully saturated rings. The van der Waals surface area contributed by atoms with Crippen LogP contribution in [0.1, 0.15) is 25.0 Å². The van der Waals surface area contributed by atoms with E-state index in [1.54, 1.807) is 50.2 Å². The fourth-order valence-electron chi connectivity index (χ4n) is 2.53. The van der Waals surface area contributed by atoms with Crippen molar-refractivity contribution >= 4 is 5.97 Å². The Balaban J connectivity index is 2.30. The van der Waals surface area contributed by atoms with Crippen LogP contribution >= 0.6 is 0 Å². The maximum absolute atomic E-state index is 12.5. The molecule has 0 radical (unpaired) electrons. The molecule has 1 atom stereocenters. The summed E-state index contributed by atoms with van der Waals surface area (Å²) in [7, 11) is 1.46. The second-order valence-corrected chi connectivity index (χ2v) is 5.87. The van der Waals surface area contributed by atoms with E-state index >= 15 is 0 Å². The fraction of sp³-hybridized carbons (Fsp3) is 0.300. The average Bonchev–Trinajstić information content (AvgIpc) is 2.62. The van der Waals surface area contributed by atoms with Crippen LogP contribution in [0.5, 0.6) is 17.2 Å². The Bertz CT molecular complexity index is 810. The second kappa shape index (κ2) is 8.26. The lowest BCUT2D eigenvalue weighted by Gasteiger charge is -2.28. The van der Waals surface area contributed by atoms with E-state index in [9.17, 15) is 9.90 Å². The number of phenolic OH excluding ortho intramolecular Hbond substituents is 1. The zero-order chi connectivity index (χ0) is 19.2. The van der Waals surface area contributed by atoms with Gasteiger partial charge in [0, 0.05) is 6.42 Å². The van der Waals surface area contributed by atoms with Gasteiger partial charge in [-0.2, -0.15) is 5.26 Å². The van der Waals surface area contributed by atoms with E-state index in [0.717, 1.165) is 0 Å². The van der Waals surface area contributed by atoms with Gasteiger partial charge in [-0.05, 0) is 55.8 Å². The monoisotopic (exact) mass is 355 g/mol. The van der Waals surface area contributed by atoms with Crippen molar-refractivity contribution in [2.75, 3.05) is 13.7 Å². The minimum atomic E-state index is -1.30. The van der Waals surface area contributed by atoms with Crippen LogP contribution in [0.15, 0.2) is 42.5 Å². The van der Waals surface area contributed by atoms with Gasteiger partial charge < -0.3 is 19.3 Å². The number of nitrogens with zero attached hydrogens (tertiary/aromatic N) is 1. The quantitative estimate of drug-likeness (QED) is 0.767. The molecule has 2 rings (SSSR count). The number of hydrogen-bond acceptors (Lipinski definition) is 6. The van der Waals surface area contributed by atoms with E-state index in [0.29, 0.717) is 22.6 Å². The number of ether oxygens (including phenoxy) is 3. The van der Waals surface area contributed by atoms with Crippen molar-refractivity contribution < 1.29 is 24.1 Å². The van der Waals surface area contributed by atoms with Crippen molar-refractivity contribution in [3.8, 4) is 23.3 Å². The van der Waals surface area contributed by atoms with E-state index in [2.05, 4.69) is 0 Å². The second-order valence-electron chi connectivity index (χ2n) is 5.87. The zero-order valence-corrected chi connectivity index (χ0v) is 15.0. The lowest BCUT2D eigenvalue weighted by molar-refractivity contribution is -0.160. The first kappa shape index (κ1) is 19.1. The highest BCUT2D eigenvalue weighted by Crippen LogP contribution is 2.30. The van der Waals surface area contributed by atoms with Gasteiger partial charge in [0.15, 0.2) is 11.5 Å². The third-order valence-corrected chi connectivity index (χ3v) is 3.82. The summed E-state index contributed by atoms with van der Waals surface area (Å²) in [6.07, 6.45) is 0.184. The minimum absolute atomic E-state index is 0.0189. The predicted octanol–water partition coefficient (Wildman–Crippen LogP) is 3.22. The lowest BCUT2D eigenvalue weighted by Crippen LogP contribution is -2.45. The standard InChI is InChI=1S/C20H21NO5/c1-4-25-19(23)20(2,26-16-8-5-14(13-21)6-9-16)12-15-7-10-18(24-3)17(22)11-15/h5-11,22H,4,12H2,1-3H3. The van der Waals surface area contributed by atoms with Gasteiger partial charge in [-0.25, -0.2) is 4.79 Å². The number of hydrogen-bond donors (Lipinski definition) is 1. The van der Waals surface area contributed by atoms with Gasteiger partial charge >= 0.3 is 5.97 Å². The normalized spacial score (nSPS) is 12.5. The molecule has 6 heteroatoms. The Hall–Kier alpha value is -3.20. The molecule has 6 nitrogen and oxygen atoms in total. The van der Waals surface area contributed by atoms with Crippen LogP contribution in [0.2, 0.25) is 0 Å². The number of rotatable bonds is 7. The van der Waals surface area contributed by atoms with Gasteiger partial charge in [0.2, 0.25) is 5.60 Å². The van der Waals surface area contributed by atoms with Crippen molar-refractivity contribution in [2.24, 2.45) is 0 Å². The molecule has 0 bridgehead atoms. The Labute approximate surface area is 152 Å². The van der Waals surface area contributed by atoms with Crippen molar-refractivity contribution in [2.45, 2.75) is 25.9 Å². The summed E-state index contributed by atoms with van der Waals surface area (Å²) in [5.41, 5.74) is -0.117. The van der Waals surface area contributed by atoms with Crippen molar-refractivity contribution in [1.29, 1.82) is 5.26 Å². The summed E-state index contributed by atoms with van der Waals surface area (Å²) < 4.78 is 16.1. The number of benzene rings is 2. The molecule has 136 valence electrons. The molecule has 1 unspecified atom stereocenters. The number of methoxy groups -OCH3 is 1. The molecule has 0 saturated carbocycles. The van der Waals surface area contributed by atoms with Gasteiger partial charge in [-0.1, -0.05) is 6.07 Å². The molecule has 0 aromatic heterocycles. The third-order valence-electron chi connectivity index (χ3n) is 3.82. The highest BCUT2D eigenvalue weighted by molar-refractivity contribution is 5.80. The maximum atomic E-state index is 12.5. The van der Waals surface area contributed by atoms with E-state index in [1.165, 1.54) is 13.2 Å². The van der Waals surface area contributed by atoms with Gasteiger partial charge in [-0.15, -0.1) is 0 Å². The Morgan fingerprint density at radius 1 is 1.23 bits per heavy atom. The molecule has 0 aliphatic rings. The minimum Gasteiger partial charge on any atom is -0.504 e. The largest absolute Gasteiger partial charge is 0.504 e. The van der Waals surface area contributed by atoms with E-state index in [-0.39, 0.29) is 18.8 Å². The van der Waals surface area contributed by atoms with Gasteiger partial charge in [-0.3, -0.25) is 0 Å². The highest BCUT2D eigenvalue weighted by Gasteiger charge is 2.38. The Kier molecular flexibility index (Phi) is 6.07. The summed E-state index contributed by atoms with van der Waals surface area (Å²) in [5, 5.41) is 18.8. The summed E-state index contributed by atoms with van der Waals surface area (Å²) in [5.74, 6) is 0.256. The summed E-state index contributed by atoms with van der Waals surface area (Å²) >= 11 is 0. The number of nitriles is 1. The highest BCUT2D eigenvalue weighted by atomic mass is 16.6. The van der Waals surface area contributed by atoms with Crippen molar-refractivity contribution in [3.63, 3.8) is 0 Å². The van der Waals surface area contributed by atoms with Crippen LogP contribution in [0.25, 0.3) is 0 Å². The number of esters is 1. The topological polar surface area (TPSA) is 88.8 Å². The Morgan fingerprint density at radius 2 is 1.92 bits per heavy atom. The summed E-state index contributed by atoms with van der Waals surface area (Å²) in [4.78, 5) is 12.5. The maximum Gasteiger partial charge on any atom is 0.350 e. The third kappa shape index (κ3) is 4.45. The first-order chi connectivity index (χ1) is 12.4. The molecule has 0 aliphatic heterocycles. The first-order valence-corrected chi connectivity index (χ1v) is 8.14. The molecule has 0 spiro atoms. The van der Waals surface area contributed by atoms with Gasteiger partial charge in [0.25, 0.3) is 0 Å². The Morgan fingerprint density at radius 3 is 2.46 bits per heavy atom. The van der Waals surface area contributed by atoms with Crippen LogP contribution in [0.4, 0.5) is 0 Å². The van der Waals surface area contributed by atoms with Crippen LogP contribution in [-0.4, -0.2) is 30.4 Å². The smallest absolute Gasteiger partial charge is 0.350 e. The fourth-order valence-corrected chi connectivity index (χ4v) is 2.53. The number of phenols is 1. The number of carbonyl (C=O) groups is 1. The van der Waals surface area contributed by atoms with Crippen LogP contribution in [0, 0.1) is 11.3 Å². The van der Waals surface area contributed by atoms with E-state index in [4.69, 9.17) is 19.5 Å². The molecule has 2 aromatic rings. The first-order valence-electron chi connectivity index (χ1n) is 8.14. The molecule has 1 N–H and O–H groups in total. The lowest BCUT2D eigenvalue weighted by atomic mass is 9.95. The van der Waals surface area contributed by atoms with Crippen LogP contribution < -0.4 is 9.47 Å². The summed E-state index contributed by atoms with van der Waals surface area (Å²) in [6.45, 7) is 3.57. The molecule has 0 heterocycles. The van der Waals surface area contributed by atoms with Crippen LogP contribution in [0.3, 0.4) is 0 Å². The summed E-state index contributed by atoms with van der Waals surface area (Å²) in [6, 6.07) is 13.4. The average molecular weight is 355 g/mol. The molecule has 0 amide bonds. The van der Waals surface area contributed by atoms with Gasteiger partial charge in [0.05, 0.1) is 25.3 Å². The SMILES string of the molecule is CCOC(=O)C(C)(Cc1ccc(OC)c(O)c1)Oc1ccc(C#N)cc1. The van der Waals surface area contributed by atoms with E-state index < -0.39 is 11.6 Å². The molecule has 2 aromatic carbocycles. The molecular weight excluding hydrogens is 334 g/mol. The predicted molar refractivity (Wildman–Crippen MR) is 95.2 cm³/mol. The molecule has 0 saturated heterocycles. The van der Waals surface area contributed by atoms with Gasteiger partial charge in [0.1, 0.15) is 5.75 Å². The van der Waals surface area contributed by atoms with Crippen molar-refractivity contribution in [1.82, 2.24) is 0 Å². The number of carbonyl (C=O) groups excluding carboxylic acids is 1. The van der Waals surface area contributed by atoms with E-state index in [1.807, 2.05) is 6.07 Å². The molecule has 0 aliphatic carbocycles. The van der Waals surface area contributed by atoms with Crippen molar-refractivity contribution in [3.05, 3.63) is 53.6 Å². The van der Waals surface area contributed by atoms with Crippen LogP contribution in [-0.2, 0) is 16.0 Å². The molecule has 26 heavy (non-hydrogen) atoms. The zero-order valence-electron chi connectivity index (χ0n) is 15.0.